The molecule has 0 aliphatic carbocycles. The lowest BCUT2D eigenvalue weighted by Crippen LogP contribution is -2.33. The lowest BCUT2D eigenvalue weighted by atomic mass is 10.1. The summed E-state index contributed by atoms with van der Waals surface area (Å²) >= 11 is 0. The molecule has 0 aliphatic heterocycles. The number of carbonyl (C=O) groups excluding carboxylic acids is 1. The summed E-state index contributed by atoms with van der Waals surface area (Å²) in [5.74, 6) is 1.05. The van der Waals surface area contributed by atoms with Crippen LogP contribution >= 0.6 is 0 Å². The fourth-order valence-corrected chi connectivity index (χ4v) is 2.34. The molecule has 0 heterocycles. The summed E-state index contributed by atoms with van der Waals surface area (Å²) < 4.78 is 23.3. The zero-order valence-corrected chi connectivity index (χ0v) is 11.8. The Bertz CT molecular complexity index is 582. The van der Waals surface area contributed by atoms with E-state index in [2.05, 4.69) is 11.2 Å². The third-order valence-corrected chi connectivity index (χ3v) is 4.68. The van der Waals surface area contributed by atoms with Crippen molar-refractivity contribution >= 4 is 21.4 Å². The van der Waals surface area contributed by atoms with Gasteiger partial charge >= 0.3 is 0 Å². The lowest BCUT2D eigenvalue weighted by molar-refractivity contribution is -0.115. The van der Waals surface area contributed by atoms with Gasteiger partial charge < -0.3 is 5.32 Å². The normalized spacial score (nSPS) is 12.5. The zero-order chi connectivity index (χ0) is 14.5. The molecule has 102 valence electrons. The van der Waals surface area contributed by atoms with E-state index >= 15 is 0 Å². The Morgan fingerprint density at radius 2 is 1.95 bits per heavy atom. The number of benzene rings is 1. The Kier molecular flexibility index (Phi) is 5.13. The SMILES string of the molecule is C#CCS(=O)(=O)C(C)C(=O)Nc1ccc(CC)cc1. The molecule has 0 aromatic heterocycles. The maximum Gasteiger partial charge on any atom is 0.242 e. The molecule has 1 amide bonds. The zero-order valence-electron chi connectivity index (χ0n) is 11.0. The van der Waals surface area contributed by atoms with Gasteiger partial charge in [-0.1, -0.05) is 25.0 Å². The molecule has 0 saturated heterocycles. The second-order valence-corrected chi connectivity index (χ2v) is 6.51. The minimum atomic E-state index is -3.59. The second kappa shape index (κ2) is 6.39. The summed E-state index contributed by atoms with van der Waals surface area (Å²) in [5.41, 5.74) is 1.72. The Morgan fingerprint density at radius 1 is 1.37 bits per heavy atom. The number of anilines is 1. The van der Waals surface area contributed by atoms with Gasteiger partial charge in [0.15, 0.2) is 9.84 Å². The fraction of sp³-hybridized carbons (Fsp3) is 0.357. The highest BCUT2D eigenvalue weighted by Crippen LogP contribution is 2.12. The summed E-state index contributed by atoms with van der Waals surface area (Å²) in [5, 5.41) is 1.41. The molecule has 0 radical (unpaired) electrons. The van der Waals surface area contributed by atoms with Crippen LogP contribution in [0.2, 0.25) is 0 Å². The van der Waals surface area contributed by atoms with Gasteiger partial charge in [-0.15, -0.1) is 6.42 Å². The number of terminal acetylenes is 1. The average molecular weight is 279 g/mol. The Labute approximate surface area is 114 Å². The Hall–Kier alpha value is -1.80. The van der Waals surface area contributed by atoms with Crippen molar-refractivity contribution in [3.05, 3.63) is 29.8 Å². The molecule has 1 rings (SSSR count). The number of hydrogen-bond donors (Lipinski definition) is 1. The number of carbonyl (C=O) groups is 1. The van der Waals surface area contributed by atoms with Gasteiger partial charge in [-0.05, 0) is 31.0 Å². The van der Waals surface area contributed by atoms with Crippen LogP contribution in [0.3, 0.4) is 0 Å². The van der Waals surface area contributed by atoms with Crippen molar-refractivity contribution in [3.8, 4) is 12.3 Å². The molecule has 0 bridgehead atoms. The van der Waals surface area contributed by atoms with Crippen LogP contribution in [-0.4, -0.2) is 25.3 Å². The highest BCUT2D eigenvalue weighted by molar-refractivity contribution is 7.93. The van der Waals surface area contributed by atoms with Crippen LogP contribution in [0.25, 0.3) is 0 Å². The Balaban J connectivity index is 2.77. The first kappa shape index (κ1) is 15.3. The van der Waals surface area contributed by atoms with E-state index in [0.717, 1.165) is 12.0 Å². The van der Waals surface area contributed by atoms with Crippen molar-refractivity contribution in [3.63, 3.8) is 0 Å². The highest BCUT2D eigenvalue weighted by atomic mass is 32.2. The molecule has 1 atom stereocenters. The van der Waals surface area contributed by atoms with Crippen molar-refractivity contribution in [1.82, 2.24) is 0 Å². The van der Waals surface area contributed by atoms with Crippen LogP contribution in [0, 0.1) is 12.3 Å². The quantitative estimate of drug-likeness (QED) is 0.833. The molecule has 4 nitrogen and oxygen atoms in total. The fourth-order valence-electron chi connectivity index (χ4n) is 1.47. The van der Waals surface area contributed by atoms with Crippen LogP contribution in [0.15, 0.2) is 24.3 Å². The van der Waals surface area contributed by atoms with Crippen molar-refractivity contribution in [2.24, 2.45) is 0 Å². The van der Waals surface area contributed by atoms with E-state index < -0.39 is 26.7 Å². The summed E-state index contributed by atoms with van der Waals surface area (Å²) in [4.78, 5) is 11.8. The second-order valence-electron chi connectivity index (χ2n) is 4.19. The number of nitrogens with one attached hydrogen (secondary N) is 1. The van der Waals surface area contributed by atoms with E-state index in [4.69, 9.17) is 6.42 Å². The molecule has 5 heteroatoms. The van der Waals surface area contributed by atoms with Crippen LogP contribution < -0.4 is 5.32 Å². The van der Waals surface area contributed by atoms with Gasteiger partial charge in [-0.3, -0.25) is 4.79 Å². The number of aryl methyl sites for hydroxylation is 1. The predicted molar refractivity (Wildman–Crippen MR) is 76.5 cm³/mol. The van der Waals surface area contributed by atoms with Crippen LogP contribution in [0.4, 0.5) is 5.69 Å². The first-order chi connectivity index (χ1) is 8.90. The third kappa shape index (κ3) is 4.11. The van der Waals surface area contributed by atoms with Crippen LogP contribution in [0.5, 0.6) is 0 Å². The maximum absolute atomic E-state index is 11.8. The molecular formula is C14H17NO3S. The third-order valence-electron chi connectivity index (χ3n) is 2.82. The summed E-state index contributed by atoms with van der Waals surface area (Å²) in [7, 11) is -3.59. The van der Waals surface area contributed by atoms with E-state index in [9.17, 15) is 13.2 Å². The minimum Gasteiger partial charge on any atom is -0.325 e. The van der Waals surface area contributed by atoms with Gasteiger partial charge in [0, 0.05) is 5.69 Å². The van der Waals surface area contributed by atoms with Crippen molar-refractivity contribution < 1.29 is 13.2 Å². The first-order valence-electron chi connectivity index (χ1n) is 5.95. The maximum atomic E-state index is 11.8. The van der Waals surface area contributed by atoms with Crippen LogP contribution in [0.1, 0.15) is 19.4 Å². The molecule has 1 N–H and O–H groups in total. The average Bonchev–Trinajstić information content (AvgIpc) is 2.38. The van der Waals surface area contributed by atoms with Gasteiger partial charge in [0.1, 0.15) is 11.0 Å². The van der Waals surface area contributed by atoms with Crippen molar-refractivity contribution in [2.45, 2.75) is 25.5 Å². The monoisotopic (exact) mass is 279 g/mol. The van der Waals surface area contributed by atoms with Crippen LogP contribution in [-0.2, 0) is 21.1 Å². The van der Waals surface area contributed by atoms with Gasteiger partial charge in [0.2, 0.25) is 5.91 Å². The number of sulfone groups is 1. The number of rotatable bonds is 5. The highest BCUT2D eigenvalue weighted by Gasteiger charge is 2.27. The molecule has 0 fully saturated rings. The van der Waals surface area contributed by atoms with Gasteiger partial charge in [0.25, 0.3) is 0 Å². The largest absolute Gasteiger partial charge is 0.325 e. The number of hydrogen-bond acceptors (Lipinski definition) is 3. The predicted octanol–water partition coefficient (Wildman–Crippen LogP) is 1.62. The summed E-state index contributed by atoms with van der Waals surface area (Å²) in [6, 6.07) is 7.26. The van der Waals surface area contributed by atoms with Crippen molar-refractivity contribution in [2.75, 3.05) is 11.1 Å². The minimum absolute atomic E-state index is 0.434. The standard InChI is InChI=1S/C14H17NO3S/c1-4-10-19(17,18)11(3)14(16)15-13-8-6-12(5-2)7-9-13/h1,6-9,11H,5,10H2,2-3H3,(H,15,16). The topological polar surface area (TPSA) is 63.2 Å². The molecule has 0 saturated carbocycles. The van der Waals surface area contributed by atoms with E-state index in [1.807, 2.05) is 19.1 Å². The molecule has 1 aromatic carbocycles. The summed E-state index contributed by atoms with van der Waals surface area (Å²) in [6.45, 7) is 3.37. The van der Waals surface area contributed by atoms with Gasteiger partial charge in [-0.25, -0.2) is 8.42 Å². The van der Waals surface area contributed by atoms with E-state index in [-0.39, 0.29) is 0 Å². The van der Waals surface area contributed by atoms with E-state index in [0.29, 0.717) is 5.69 Å². The van der Waals surface area contributed by atoms with E-state index in [1.165, 1.54) is 6.92 Å². The van der Waals surface area contributed by atoms with Gasteiger partial charge in [0.05, 0.1) is 0 Å². The molecular weight excluding hydrogens is 262 g/mol. The molecule has 19 heavy (non-hydrogen) atoms. The molecule has 0 spiro atoms. The molecule has 1 aromatic rings. The lowest BCUT2D eigenvalue weighted by Gasteiger charge is -2.12. The Morgan fingerprint density at radius 3 is 2.42 bits per heavy atom. The number of amides is 1. The van der Waals surface area contributed by atoms with Crippen molar-refractivity contribution in [1.29, 1.82) is 0 Å². The molecule has 1 unspecified atom stereocenters. The van der Waals surface area contributed by atoms with Gasteiger partial charge in [-0.2, -0.15) is 0 Å². The first-order valence-corrected chi connectivity index (χ1v) is 7.67. The summed E-state index contributed by atoms with van der Waals surface area (Å²) in [6.07, 6.45) is 5.88. The van der Waals surface area contributed by atoms with E-state index in [1.54, 1.807) is 12.1 Å². The molecule has 0 aliphatic rings. The smallest absolute Gasteiger partial charge is 0.242 e.